The predicted octanol–water partition coefficient (Wildman–Crippen LogP) is 0.548. The summed E-state index contributed by atoms with van der Waals surface area (Å²) in [6.07, 6.45) is 0.408. The summed E-state index contributed by atoms with van der Waals surface area (Å²) in [6, 6.07) is 4.15. The fraction of sp³-hybridized carbons (Fsp3) is 0.400. The normalized spacial score (nSPS) is 12.4. The van der Waals surface area contributed by atoms with Gasteiger partial charge in [-0.2, -0.15) is 0 Å². The molecule has 1 heterocycles. The van der Waals surface area contributed by atoms with Crippen molar-refractivity contribution in [3.8, 4) is 0 Å². The molecule has 0 bridgehead atoms. The van der Waals surface area contributed by atoms with E-state index in [0.29, 0.717) is 11.4 Å². The van der Waals surface area contributed by atoms with Gasteiger partial charge in [0.1, 0.15) is 6.04 Å². The van der Waals surface area contributed by atoms with Gasteiger partial charge in [0.05, 0.1) is 6.67 Å². The van der Waals surface area contributed by atoms with Gasteiger partial charge in [-0.25, -0.2) is 0 Å². The molecule has 0 fully saturated rings. The molecule has 15 heavy (non-hydrogen) atoms. The van der Waals surface area contributed by atoms with Crippen molar-refractivity contribution in [2.24, 2.45) is 5.73 Å². The van der Waals surface area contributed by atoms with Crippen LogP contribution in [-0.4, -0.2) is 28.8 Å². The molecule has 0 aliphatic heterocycles. The standard InChI is InChI=1S/C10H13FN2O2/c11-5-4-7-2-1-3-8(13-7)6-9(12)10(14)15/h1-3,9H,4-6,12H2,(H,14,15). The van der Waals surface area contributed by atoms with Crippen molar-refractivity contribution < 1.29 is 14.3 Å². The van der Waals surface area contributed by atoms with Gasteiger partial charge >= 0.3 is 5.97 Å². The number of carbonyl (C=O) groups is 1. The Balaban J connectivity index is 2.68. The third-order valence-electron chi connectivity index (χ3n) is 1.96. The van der Waals surface area contributed by atoms with E-state index >= 15 is 0 Å². The zero-order chi connectivity index (χ0) is 11.3. The number of carboxylic acid groups (broad SMARTS) is 1. The quantitative estimate of drug-likeness (QED) is 0.747. The third-order valence-corrected chi connectivity index (χ3v) is 1.96. The van der Waals surface area contributed by atoms with E-state index in [2.05, 4.69) is 4.98 Å². The van der Waals surface area contributed by atoms with Crippen LogP contribution in [0.3, 0.4) is 0 Å². The van der Waals surface area contributed by atoms with Crippen LogP contribution < -0.4 is 5.73 Å². The monoisotopic (exact) mass is 212 g/mol. The first-order valence-corrected chi connectivity index (χ1v) is 4.62. The van der Waals surface area contributed by atoms with Gasteiger partial charge in [-0.3, -0.25) is 14.2 Å². The van der Waals surface area contributed by atoms with Crippen molar-refractivity contribution >= 4 is 5.97 Å². The van der Waals surface area contributed by atoms with E-state index in [-0.39, 0.29) is 12.8 Å². The van der Waals surface area contributed by atoms with Crippen molar-refractivity contribution in [2.45, 2.75) is 18.9 Å². The van der Waals surface area contributed by atoms with Crippen LogP contribution in [0.5, 0.6) is 0 Å². The van der Waals surface area contributed by atoms with Gasteiger partial charge in [-0.1, -0.05) is 6.07 Å². The van der Waals surface area contributed by atoms with E-state index in [9.17, 15) is 9.18 Å². The average molecular weight is 212 g/mol. The highest BCUT2D eigenvalue weighted by atomic mass is 19.1. The molecule has 0 aliphatic carbocycles. The number of carboxylic acids is 1. The number of aromatic nitrogens is 1. The van der Waals surface area contributed by atoms with Crippen LogP contribution in [0.2, 0.25) is 0 Å². The molecule has 0 saturated heterocycles. The smallest absolute Gasteiger partial charge is 0.320 e. The summed E-state index contributed by atoms with van der Waals surface area (Å²) in [6.45, 7) is -0.471. The van der Waals surface area contributed by atoms with E-state index in [1.807, 2.05) is 0 Å². The fourth-order valence-corrected chi connectivity index (χ4v) is 1.19. The summed E-state index contributed by atoms with van der Waals surface area (Å²) in [5, 5.41) is 8.60. The SMILES string of the molecule is NC(Cc1cccc(CCF)n1)C(=O)O. The van der Waals surface area contributed by atoms with Crippen LogP contribution >= 0.6 is 0 Å². The number of aliphatic carboxylic acids is 1. The van der Waals surface area contributed by atoms with Crippen molar-refractivity contribution in [2.75, 3.05) is 6.67 Å². The molecule has 4 nitrogen and oxygen atoms in total. The molecule has 1 atom stereocenters. The Labute approximate surface area is 86.9 Å². The Hall–Kier alpha value is -1.49. The first kappa shape index (κ1) is 11.6. The largest absolute Gasteiger partial charge is 0.480 e. The van der Waals surface area contributed by atoms with Gasteiger partial charge in [0, 0.05) is 24.2 Å². The van der Waals surface area contributed by atoms with Crippen LogP contribution in [0.1, 0.15) is 11.4 Å². The van der Waals surface area contributed by atoms with Gasteiger partial charge in [0.25, 0.3) is 0 Å². The van der Waals surface area contributed by atoms with Crippen LogP contribution in [0.25, 0.3) is 0 Å². The molecule has 0 aliphatic rings. The molecule has 0 spiro atoms. The Kier molecular flexibility index (Phi) is 4.17. The maximum Gasteiger partial charge on any atom is 0.320 e. The highest BCUT2D eigenvalue weighted by Gasteiger charge is 2.12. The molecule has 3 N–H and O–H groups in total. The lowest BCUT2D eigenvalue weighted by Gasteiger charge is -2.06. The molecule has 1 aromatic heterocycles. The van der Waals surface area contributed by atoms with E-state index in [0.717, 1.165) is 0 Å². The molecule has 5 heteroatoms. The number of aryl methyl sites for hydroxylation is 1. The number of nitrogens with zero attached hydrogens (tertiary/aromatic N) is 1. The van der Waals surface area contributed by atoms with Gasteiger partial charge in [0.15, 0.2) is 0 Å². The maximum absolute atomic E-state index is 12.0. The molecule has 0 saturated carbocycles. The second-order valence-corrected chi connectivity index (χ2v) is 3.21. The lowest BCUT2D eigenvalue weighted by molar-refractivity contribution is -0.138. The first-order valence-electron chi connectivity index (χ1n) is 4.62. The fourth-order valence-electron chi connectivity index (χ4n) is 1.19. The van der Waals surface area contributed by atoms with E-state index < -0.39 is 18.7 Å². The predicted molar refractivity (Wildman–Crippen MR) is 53.2 cm³/mol. The topological polar surface area (TPSA) is 76.2 Å². The molecule has 1 rings (SSSR count). The van der Waals surface area contributed by atoms with Crippen molar-refractivity contribution in [1.82, 2.24) is 4.98 Å². The number of halogens is 1. The number of pyridine rings is 1. The third kappa shape index (κ3) is 3.63. The number of hydrogen-bond donors (Lipinski definition) is 2. The van der Waals surface area contributed by atoms with E-state index in [1.165, 1.54) is 0 Å². The van der Waals surface area contributed by atoms with Crippen molar-refractivity contribution in [3.63, 3.8) is 0 Å². The Morgan fingerprint density at radius 1 is 1.53 bits per heavy atom. The molecule has 1 aromatic rings. The molecular weight excluding hydrogens is 199 g/mol. The zero-order valence-electron chi connectivity index (χ0n) is 8.19. The van der Waals surface area contributed by atoms with Crippen LogP contribution in [0, 0.1) is 0 Å². The number of hydrogen-bond acceptors (Lipinski definition) is 3. The minimum atomic E-state index is -1.06. The summed E-state index contributed by atoms with van der Waals surface area (Å²) in [4.78, 5) is 14.6. The summed E-state index contributed by atoms with van der Waals surface area (Å²) < 4.78 is 12.0. The molecular formula is C10H13FN2O2. The Morgan fingerprint density at radius 2 is 2.20 bits per heavy atom. The van der Waals surface area contributed by atoms with E-state index in [4.69, 9.17) is 10.8 Å². The lowest BCUT2D eigenvalue weighted by atomic mass is 10.1. The van der Waals surface area contributed by atoms with Gasteiger partial charge < -0.3 is 10.8 Å². The zero-order valence-corrected chi connectivity index (χ0v) is 8.19. The maximum atomic E-state index is 12.0. The molecule has 1 unspecified atom stereocenters. The lowest BCUT2D eigenvalue weighted by Crippen LogP contribution is -2.32. The minimum Gasteiger partial charge on any atom is -0.480 e. The second kappa shape index (κ2) is 5.41. The average Bonchev–Trinajstić information content (AvgIpc) is 2.18. The molecule has 0 amide bonds. The van der Waals surface area contributed by atoms with Gasteiger partial charge in [-0.15, -0.1) is 0 Å². The van der Waals surface area contributed by atoms with Crippen LogP contribution in [0.15, 0.2) is 18.2 Å². The minimum absolute atomic E-state index is 0.162. The number of rotatable bonds is 5. The first-order chi connectivity index (χ1) is 7.13. The van der Waals surface area contributed by atoms with Gasteiger partial charge in [-0.05, 0) is 12.1 Å². The van der Waals surface area contributed by atoms with Crippen LogP contribution in [0.4, 0.5) is 4.39 Å². The highest BCUT2D eigenvalue weighted by Crippen LogP contribution is 2.03. The van der Waals surface area contributed by atoms with E-state index in [1.54, 1.807) is 18.2 Å². The molecule has 0 aromatic carbocycles. The van der Waals surface area contributed by atoms with Crippen molar-refractivity contribution in [1.29, 1.82) is 0 Å². The number of nitrogens with two attached hydrogens (primary N) is 1. The molecule has 0 radical (unpaired) electrons. The van der Waals surface area contributed by atoms with Crippen LogP contribution in [-0.2, 0) is 17.6 Å². The van der Waals surface area contributed by atoms with Crippen molar-refractivity contribution in [3.05, 3.63) is 29.6 Å². The number of alkyl halides is 1. The second-order valence-electron chi connectivity index (χ2n) is 3.21. The highest BCUT2D eigenvalue weighted by molar-refractivity contribution is 5.73. The van der Waals surface area contributed by atoms with Gasteiger partial charge in [0.2, 0.25) is 0 Å². The summed E-state index contributed by atoms with van der Waals surface area (Å²) in [5.41, 5.74) is 6.56. The summed E-state index contributed by atoms with van der Waals surface area (Å²) in [5.74, 6) is -1.06. The Morgan fingerprint density at radius 3 is 2.80 bits per heavy atom. The Bertz CT molecular complexity index is 344. The summed E-state index contributed by atoms with van der Waals surface area (Å²) in [7, 11) is 0. The summed E-state index contributed by atoms with van der Waals surface area (Å²) >= 11 is 0. The molecule has 82 valence electrons.